The molecule has 37 heavy (non-hydrogen) atoms. The third-order valence-corrected chi connectivity index (χ3v) is 4.56. The van der Waals surface area contributed by atoms with E-state index in [4.69, 9.17) is 0 Å². The molecule has 0 bridgehead atoms. The standard InChI is InChI=1S/C16H12F12N4O5/c1-6(29-30-8-3-2-7(31(34)35)5-9(8)32(36)37)4-10(33)12(19,20)14(23,24)16(27,28)15(25,26)13(21,22)11(17)18/h2-3,5,10-11,30,33H,4H2,1H3. The second-order valence-electron chi connectivity index (χ2n) is 7.16. The summed E-state index contributed by atoms with van der Waals surface area (Å²) in [6.07, 6.45) is -11.6. The van der Waals surface area contributed by atoms with Gasteiger partial charge in [-0.15, -0.1) is 0 Å². The second-order valence-corrected chi connectivity index (χ2v) is 7.16. The fourth-order valence-electron chi connectivity index (χ4n) is 2.45. The predicted octanol–water partition coefficient (Wildman–Crippen LogP) is 5.48. The fourth-order valence-corrected chi connectivity index (χ4v) is 2.45. The van der Waals surface area contributed by atoms with E-state index in [2.05, 4.69) is 5.10 Å². The van der Waals surface area contributed by atoms with Gasteiger partial charge in [0.25, 0.3) is 5.69 Å². The Labute approximate surface area is 196 Å². The van der Waals surface area contributed by atoms with Crippen molar-refractivity contribution in [3.8, 4) is 0 Å². The molecule has 0 heterocycles. The van der Waals surface area contributed by atoms with E-state index in [0.29, 0.717) is 25.1 Å². The molecule has 21 heteroatoms. The maximum absolute atomic E-state index is 13.9. The lowest BCUT2D eigenvalue weighted by molar-refractivity contribution is -0.419. The van der Waals surface area contributed by atoms with Gasteiger partial charge in [0.05, 0.1) is 15.9 Å². The number of rotatable bonds is 12. The van der Waals surface area contributed by atoms with E-state index in [1.54, 1.807) is 5.43 Å². The molecule has 0 spiro atoms. The SMILES string of the molecule is CC(CC(O)C(F)(F)C(F)(F)C(F)(F)C(F)(F)C(F)(F)C(F)F)=NNc1ccc([N+](=O)[O-])cc1[N+](=O)[O-]. The van der Waals surface area contributed by atoms with E-state index in [1.807, 2.05) is 0 Å². The fraction of sp³-hybridized carbons (Fsp3) is 0.562. The number of halogens is 12. The van der Waals surface area contributed by atoms with Gasteiger partial charge in [-0.3, -0.25) is 25.7 Å². The van der Waals surface area contributed by atoms with Crippen LogP contribution in [0.5, 0.6) is 0 Å². The highest BCUT2D eigenvalue weighted by atomic mass is 19.4. The summed E-state index contributed by atoms with van der Waals surface area (Å²) in [4.78, 5) is 19.4. The number of alkyl halides is 12. The highest BCUT2D eigenvalue weighted by molar-refractivity contribution is 5.83. The van der Waals surface area contributed by atoms with Crippen LogP contribution in [0.25, 0.3) is 0 Å². The van der Waals surface area contributed by atoms with Gasteiger partial charge in [-0.25, -0.2) is 8.78 Å². The number of nitro groups is 2. The van der Waals surface area contributed by atoms with Gasteiger partial charge < -0.3 is 5.11 Å². The number of hydrazone groups is 1. The molecule has 0 aliphatic heterocycles. The van der Waals surface area contributed by atoms with E-state index in [-0.39, 0.29) is 0 Å². The molecular formula is C16H12F12N4O5. The van der Waals surface area contributed by atoms with E-state index < -0.39 is 81.2 Å². The normalized spacial score (nSPS) is 15.1. The molecule has 0 aliphatic rings. The zero-order chi connectivity index (χ0) is 29.4. The number of anilines is 1. The lowest BCUT2D eigenvalue weighted by Gasteiger charge is -2.40. The Morgan fingerprint density at radius 3 is 1.84 bits per heavy atom. The van der Waals surface area contributed by atoms with Gasteiger partial charge >= 0.3 is 41.7 Å². The van der Waals surface area contributed by atoms with Gasteiger partial charge in [-0.05, 0) is 13.0 Å². The first-order valence-corrected chi connectivity index (χ1v) is 9.04. The third-order valence-electron chi connectivity index (χ3n) is 4.56. The molecule has 0 saturated carbocycles. The van der Waals surface area contributed by atoms with Crippen LogP contribution in [0.15, 0.2) is 23.3 Å². The third kappa shape index (κ3) is 5.49. The van der Waals surface area contributed by atoms with Crippen molar-refractivity contribution < 1.29 is 67.6 Å². The number of aliphatic hydroxyl groups excluding tert-OH is 1. The van der Waals surface area contributed by atoms with Gasteiger partial charge in [0.2, 0.25) is 0 Å². The Morgan fingerprint density at radius 1 is 0.919 bits per heavy atom. The van der Waals surface area contributed by atoms with Crippen molar-refractivity contribution >= 4 is 22.8 Å². The van der Waals surface area contributed by atoms with Crippen LogP contribution in [-0.2, 0) is 0 Å². The molecule has 1 unspecified atom stereocenters. The van der Waals surface area contributed by atoms with Crippen LogP contribution in [0.1, 0.15) is 13.3 Å². The van der Waals surface area contributed by atoms with Crippen molar-refractivity contribution in [1.82, 2.24) is 0 Å². The molecule has 0 amide bonds. The number of aliphatic hydroxyl groups is 1. The number of nitrogens with one attached hydrogen (secondary N) is 1. The maximum Gasteiger partial charge on any atom is 0.384 e. The van der Waals surface area contributed by atoms with Crippen molar-refractivity contribution in [2.45, 2.75) is 55.5 Å². The minimum Gasteiger partial charge on any atom is -0.386 e. The first-order valence-electron chi connectivity index (χ1n) is 9.04. The lowest BCUT2D eigenvalue weighted by atomic mass is 9.90. The van der Waals surface area contributed by atoms with Crippen LogP contribution in [0.3, 0.4) is 0 Å². The van der Waals surface area contributed by atoms with Gasteiger partial charge in [-0.1, -0.05) is 0 Å². The molecule has 0 aliphatic carbocycles. The van der Waals surface area contributed by atoms with Gasteiger partial charge in [0, 0.05) is 18.2 Å². The summed E-state index contributed by atoms with van der Waals surface area (Å²) in [7, 11) is 0. The predicted molar refractivity (Wildman–Crippen MR) is 97.8 cm³/mol. The molecule has 0 saturated heterocycles. The van der Waals surface area contributed by atoms with Crippen molar-refractivity contribution in [2.75, 3.05) is 5.43 Å². The summed E-state index contributed by atoms with van der Waals surface area (Å²) < 4.78 is 159. The number of benzene rings is 1. The first-order chi connectivity index (χ1) is 16.5. The quantitative estimate of drug-likeness (QED) is 0.149. The summed E-state index contributed by atoms with van der Waals surface area (Å²) in [5.41, 5.74) is -1.66. The van der Waals surface area contributed by atoms with Crippen molar-refractivity contribution in [2.24, 2.45) is 5.10 Å². The molecule has 2 N–H and O–H groups in total. The Balaban J connectivity index is 3.25. The number of hydrogen-bond donors (Lipinski definition) is 2. The Hall–Kier alpha value is -3.39. The van der Waals surface area contributed by atoms with Crippen LogP contribution in [0.4, 0.5) is 69.7 Å². The van der Waals surface area contributed by atoms with Crippen molar-refractivity contribution in [3.05, 3.63) is 38.4 Å². The molecule has 0 aromatic heterocycles. The molecule has 1 atom stereocenters. The average molecular weight is 568 g/mol. The monoisotopic (exact) mass is 568 g/mol. The number of non-ortho nitro benzene ring substituents is 1. The van der Waals surface area contributed by atoms with Crippen molar-refractivity contribution in [3.63, 3.8) is 0 Å². The van der Waals surface area contributed by atoms with Crippen LogP contribution >= 0.6 is 0 Å². The van der Waals surface area contributed by atoms with Crippen LogP contribution in [0.2, 0.25) is 0 Å². The molecule has 210 valence electrons. The largest absolute Gasteiger partial charge is 0.386 e. The summed E-state index contributed by atoms with van der Waals surface area (Å²) in [6, 6.07) is 1.79. The van der Waals surface area contributed by atoms with Crippen LogP contribution in [-0.4, -0.2) is 62.8 Å². The average Bonchev–Trinajstić information content (AvgIpc) is 2.76. The van der Waals surface area contributed by atoms with E-state index in [0.717, 1.165) is 0 Å². The van der Waals surface area contributed by atoms with Crippen LogP contribution in [0, 0.1) is 20.2 Å². The molecule has 1 rings (SSSR count). The van der Waals surface area contributed by atoms with Crippen LogP contribution < -0.4 is 5.43 Å². The zero-order valence-corrected chi connectivity index (χ0v) is 17.6. The molecule has 9 nitrogen and oxygen atoms in total. The summed E-state index contributed by atoms with van der Waals surface area (Å²) >= 11 is 0. The lowest BCUT2D eigenvalue weighted by Crippen LogP contribution is -2.70. The van der Waals surface area contributed by atoms with Crippen molar-refractivity contribution in [1.29, 1.82) is 0 Å². The van der Waals surface area contributed by atoms with E-state index >= 15 is 0 Å². The first kappa shape index (κ1) is 31.6. The van der Waals surface area contributed by atoms with E-state index in [9.17, 15) is 78.0 Å². The molecule has 0 fully saturated rings. The second kappa shape index (κ2) is 10.2. The minimum atomic E-state index is -7.83. The van der Waals surface area contributed by atoms with E-state index in [1.165, 1.54) is 0 Å². The maximum atomic E-state index is 13.9. The number of nitrogens with zero attached hydrogens (tertiary/aromatic N) is 3. The minimum absolute atomic E-state index is 0.411. The smallest absolute Gasteiger partial charge is 0.384 e. The Kier molecular flexibility index (Phi) is 8.69. The number of hydrogen-bond acceptors (Lipinski definition) is 7. The topological polar surface area (TPSA) is 131 Å². The molecule has 1 aromatic rings. The Morgan fingerprint density at radius 2 is 1.41 bits per heavy atom. The van der Waals surface area contributed by atoms with Gasteiger partial charge in [0.1, 0.15) is 11.8 Å². The Bertz CT molecular complexity index is 1070. The van der Waals surface area contributed by atoms with Gasteiger partial charge in [0.15, 0.2) is 0 Å². The zero-order valence-electron chi connectivity index (χ0n) is 17.6. The highest BCUT2D eigenvalue weighted by Gasteiger charge is 2.88. The summed E-state index contributed by atoms with van der Waals surface area (Å²) in [5.74, 6) is -36.9. The number of nitro benzene ring substituents is 2. The summed E-state index contributed by atoms with van der Waals surface area (Å²) in [6.45, 7) is 0.610. The molecule has 0 radical (unpaired) electrons. The molecule has 1 aromatic carbocycles. The van der Waals surface area contributed by atoms with Gasteiger partial charge in [-0.2, -0.15) is 49.0 Å². The highest BCUT2D eigenvalue weighted by Crippen LogP contribution is 2.58. The molecular weight excluding hydrogens is 556 g/mol. The summed E-state index contributed by atoms with van der Waals surface area (Å²) in [5, 5.41) is 34.1.